The van der Waals surface area contributed by atoms with E-state index in [0.717, 1.165) is 31.2 Å². The lowest BCUT2D eigenvalue weighted by Crippen LogP contribution is -2.52. The fourth-order valence-electron chi connectivity index (χ4n) is 3.94. The van der Waals surface area contributed by atoms with Gasteiger partial charge in [0.2, 0.25) is 5.16 Å². The SMILES string of the molecule is COc1cc(OC)cc(N2Cc3cnc(S(C)=O)nc3N(C3CCCC3)C2=O)c1. The Morgan fingerprint density at radius 2 is 1.76 bits per heavy atom. The molecule has 1 aliphatic carbocycles. The number of carbonyl (C=O) groups is 1. The number of anilines is 2. The molecule has 0 spiro atoms. The predicted molar refractivity (Wildman–Crippen MR) is 110 cm³/mol. The second-order valence-electron chi connectivity index (χ2n) is 7.20. The van der Waals surface area contributed by atoms with Crippen molar-refractivity contribution in [2.75, 3.05) is 30.3 Å². The van der Waals surface area contributed by atoms with Crippen LogP contribution in [0.2, 0.25) is 0 Å². The van der Waals surface area contributed by atoms with Gasteiger partial charge in [0.1, 0.15) is 17.3 Å². The van der Waals surface area contributed by atoms with Crippen LogP contribution in [0.5, 0.6) is 11.5 Å². The zero-order valence-electron chi connectivity index (χ0n) is 16.8. The molecule has 0 saturated heterocycles. The molecular formula is C20H24N4O4S. The molecule has 154 valence electrons. The number of hydrogen-bond acceptors (Lipinski definition) is 6. The zero-order valence-corrected chi connectivity index (χ0v) is 17.6. The third-order valence-electron chi connectivity index (χ3n) is 5.41. The average molecular weight is 417 g/mol. The van der Waals surface area contributed by atoms with Crippen molar-refractivity contribution in [3.05, 3.63) is 30.0 Å². The number of hydrogen-bond donors (Lipinski definition) is 0. The second kappa shape index (κ2) is 7.98. The maximum Gasteiger partial charge on any atom is 0.330 e. The van der Waals surface area contributed by atoms with Gasteiger partial charge in [0.15, 0.2) is 0 Å². The van der Waals surface area contributed by atoms with Crippen LogP contribution in [-0.4, -0.2) is 46.7 Å². The van der Waals surface area contributed by atoms with Gasteiger partial charge >= 0.3 is 6.03 Å². The number of carbonyl (C=O) groups excluding carboxylic acids is 1. The molecule has 1 aromatic carbocycles. The van der Waals surface area contributed by atoms with Crippen LogP contribution in [-0.2, 0) is 17.3 Å². The van der Waals surface area contributed by atoms with Crippen LogP contribution in [0, 0.1) is 0 Å². The van der Waals surface area contributed by atoms with Crippen LogP contribution in [0.3, 0.4) is 0 Å². The zero-order chi connectivity index (χ0) is 20.5. The number of rotatable bonds is 5. The molecule has 1 fully saturated rings. The molecule has 0 N–H and O–H groups in total. The van der Waals surface area contributed by atoms with Crippen LogP contribution in [0.15, 0.2) is 29.6 Å². The molecule has 8 nitrogen and oxygen atoms in total. The lowest BCUT2D eigenvalue weighted by atomic mass is 10.1. The Bertz CT molecular complexity index is 939. The second-order valence-corrected chi connectivity index (χ2v) is 8.48. The Kier molecular flexibility index (Phi) is 5.40. The van der Waals surface area contributed by atoms with Gasteiger partial charge in [-0.25, -0.2) is 14.8 Å². The summed E-state index contributed by atoms with van der Waals surface area (Å²) in [6.45, 7) is 0.324. The van der Waals surface area contributed by atoms with E-state index < -0.39 is 10.8 Å². The molecule has 1 aromatic heterocycles. The molecular weight excluding hydrogens is 392 g/mol. The molecule has 1 saturated carbocycles. The number of urea groups is 1. The van der Waals surface area contributed by atoms with Crippen molar-refractivity contribution in [2.45, 2.75) is 43.4 Å². The molecule has 9 heteroatoms. The van der Waals surface area contributed by atoms with Crippen molar-refractivity contribution < 1.29 is 18.5 Å². The summed E-state index contributed by atoms with van der Waals surface area (Å²) in [6, 6.07) is 5.33. The van der Waals surface area contributed by atoms with E-state index >= 15 is 0 Å². The summed E-state index contributed by atoms with van der Waals surface area (Å²) < 4.78 is 22.7. The minimum absolute atomic E-state index is 0.0737. The number of methoxy groups -OCH3 is 2. The first-order valence-corrected chi connectivity index (χ1v) is 11.1. The molecule has 0 bridgehead atoms. The van der Waals surface area contributed by atoms with E-state index in [2.05, 4.69) is 9.97 Å². The smallest absolute Gasteiger partial charge is 0.330 e. The van der Waals surface area contributed by atoms with Crippen molar-refractivity contribution in [1.29, 1.82) is 0 Å². The van der Waals surface area contributed by atoms with Gasteiger partial charge in [-0.05, 0) is 12.8 Å². The Morgan fingerprint density at radius 1 is 1.10 bits per heavy atom. The number of benzene rings is 1. The monoisotopic (exact) mass is 416 g/mol. The van der Waals surface area contributed by atoms with Crippen molar-refractivity contribution in [2.24, 2.45) is 0 Å². The van der Waals surface area contributed by atoms with Crippen LogP contribution in [0.1, 0.15) is 31.2 Å². The van der Waals surface area contributed by atoms with Crippen LogP contribution in [0.25, 0.3) is 0 Å². The highest BCUT2D eigenvalue weighted by Crippen LogP contribution is 2.38. The number of nitrogens with zero attached hydrogens (tertiary/aromatic N) is 4. The van der Waals surface area contributed by atoms with E-state index in [9.17, 15) is 9.00 Å². The standard InChI is InChI=1S/C20H24N4O4S/c1-27-16-8-15(9-17(10-16)28-2)23-12-13-11-21-19(29(3)26)22-18(13)24(20(23)25)14-6-4-5-7-14/h8-11,14H,4-7,12H2,1-3H3. The molecule has 2 aliphatic rings. The van der Waals surface area contributed by atoms with Crippen molar-refractivity contribution in [3.8, 4) is 11.5 Å². The van der Waals surface area contributed by atoms with E-state index in [1.54, 1.807) is 42.5 Å². The van der Waals surface area contributed by atoms with E-state index in [1.165, 1.54) is 0 Å². The Balaban J connectivity index is 1.81. The molecule has 2 aromatic rings. The van der Waals surface area contributed by atoms with Crippen LogP contribution in [0.4, 0.5) is 16.3 Å². The third kappa shape index (κ3) is 3.66. The summed E-state index contributed by atoms with van der Waals surface area (Å²) in [5.41, 5.74) is 1.51. The molecule has 0 radical (unpaired) electrons. The Morgan fingerprint density at radius 3 is 2.34 bits per heavy atom. The minimum atomic E-state index is -1.31. The summed E-state index contributed by atoms with van der Waals surface area (Å²) in [5.74, 6) is 1.80. The lowest BCUT2D eigenvalue weighted by Gasteiger charge is -2.39. The fourth-order valence-corrected chi connectivity index (χ4v) is 4.36. The highest BCUT2D eigenvalue weighted by atomic mass is 32.2. The van der Waals surface area contributed by atoms with Crippen LogP contribution >= 0.6 is 0 Å². The quantitative estimate of drug-likeness (QED) is 0.697. The first-order valence-electron chi connectivity index (χ1n) is 9.55. The van der Waals surface area contributed by atoms with Crippen molar-refractivity contribution in [3.63, 3.8) is 0 Å². The molecule has 29 heavy (non-hydrogen) atoms. The summed E-state index contributed by atoms with van der Waals surface area (Å²) in [5, 5.41) is 0.246. The highest BCUT2D eigenvalue weighted by molar-refractivity contribution is 7.84. The first kappa shape index (κ1) is 19.6. The van der Waals surface area contributed by atoms with Gasteiger partial charge < -0.3 is 9.47 Å². The van der Waals surface area contributed by atoms with Gasteiger partial charge in [-0.15, -0.1) is 0 Å². The molecule has 1 aliphatic heterocycles. The van der Waals surface area contributed by atoms with Gasteiger partial charge in [-0.3, -0.25) is 14.0 Å². The fraction of sp³-hybridized carbons (Fsp3) is 0.450. The Hall–Kier alpha value is -2.68. The topological polar surface area (TPSA) is 84.9 Å². The van der Waals surface area contributed by atoms with Crippen molar-refractivity contribution in [1.82, 2.24) is 9.97 Å². The molecule has 2 heterocycles. The van der Waals surface area contributed by atoms with E-state index in [0.29, 0.717) is 29.5 Å². The van der Waals surface area contributed by atoms with E-state index in [-0.39, 0.29) is 17.2 Å². The largest absolute Gasteiger partial charge is 0.497 e. The van der Waals surface area contributed by atoms with Gasteiger partial charge in [-0.1, -0.05) is 12.8 Å². The number of ether oxygens (including phenoxy) is 2. The van der Waals surface area contributed by atoms with Gasteiger partial charge in [0.05, 0.1) is 37.3 Å². The normalized spacial score (nSPS) is 18.0. The van der Waals surface area contributed by atoms with Gasteiger partial charge in [-0.2, -0.15) is 0 Å². The molecule has 1 unspecified atom stereocenters. The first-order chi connectivity index (χ1) is 14.0. The maximum absolute atomic E-state index is 13.6. The number of amides is 2. The van der Waals surface area contributed by atoms with Gasteiger partial charge in [0.25, 0.3) is 0 Å². The highest BCUT2D eigenvalue weighted by Gasteiger charge is 2.38. The molecule has 1 atom stereocenters. The summed E-state index contributed by atoms with van der Waals surface area (Å²) in [7, 11) is 1.85. The van der Waals surface area contributed by atoms with Gasteiger partial charge in [0, 0.05) is 42.3 Å². The lowest BCUT2D eigenvalue weighted by molar-refractivity contribution is 0.247. The maximum atomic E-state index is 13.6. The third-order valence-corrected chi connectivity index (χ3v) is 6.12. The van der Waals surface area contributed by atoms with E-state index in [1.807, 2.05) is 12.1 Å². The average Bonchev–Trinajstić information content (AvgIpc) is 3.26. The molecule has 2 amide bonds. The van der Waals surface area contributed by atoms with Crippen LogP contribution < -0.4 is 19.3 Å². The van der Waals surface area contributed by atoms with Crippen molar-refractivity contribution >= 4 is 28.3 Å². The van der Waals surface area contributed by atoms with E-state index in [4.69, 9.17) is 9.47 Å². The summed E-state index contributed by atoms with van der Waals surface area (Å²) >= 11 is 0. The summed E-state index contributed by atoms with van der Waals surface area (Å²) in [4.78, 5) is 25.8. The summed E-state index contributed by atoms with van der Waals surface area (Å²) in [6.07, 6.45) is 7.23. The number of fused-ring (bicyclic) bond motifs is 1. The minimum Gasteiger partial charge on any atom is -0.497 e. The molecule has 4 rings (SSSR count). The number of aromatic nitrogens is 2. The Labute approximate surface area is 172 Å². The predicted octanol–water partition coefficient (Wildman–Crippen LogP) is 3.12.